The molecular weight excluding hydrogens is 412 g/mol. The van der Waals surface area contributed by atoms with E-state index >= 15 is 0 Å². The average molecular weight is 436 g/mol. The van der Waals surface area contributed by atoms with Crippen molar-refractivity contribution in [2.45, 2.75) is 19.6 Å². The quantitative estimate of drug-likeness (QED) is 0.429. The van der Waals surface area contributed by atoms with Crippen LogP contribution in [0.2, 0.25) is 5.02 Å². The smallest absolute Gasteiger partial charge is 0.161 e. The number of halogens is 3. The van der Waals surface area contributed by atoms with Gasteiger partial charge in [0.2, 0.25) is 0 Å². The molecule has 0 spiro atoms. The summed E-state index contributed by atoms with van der Waals surface area (Å²) in [7, 11) is 1.60. The minimum Gasteiger partial charge on any atom is -0.493 e. The first kappa shape index (κ1) is 23.0. The van der Waals surface area contributed by atoms with Crippen LogP contribution in [0.1, 0.15) is 16.7 Å². The predicted octanol–water partition coefficient (Wildman–Crippen LogP) is 5.82. The van der Waals surface area contributed by atoms with Gasteiger partial charge in [0.15, 0.2) is 11.5 Å². The monoisotopic (exact) mass is 435 g/mol. The summed E-state index contributed by atoms with van der Waals surface area (Å²) in [6, 6.07) is 20.2. The Balaban J connectivity index is 0.00000300. The standard InChI is InChI=1S/C23H23ClFNO2.ClH/c1-27-23-14-18(15-26-13-12-17-6-9-20(24)10-7-17)8-11-22(23)28-16-19-4-2-3-5-21(19)25;/h2-11,14,26H,12-13,15-16H2,1H3;1H. The highest BCUT2D eigenvalue weighted by atomic mass is 35.5. The first-order valence-corrected chi connectivity index (χ1v) is 9.52. The molecular formula is C23H24Cl2FNO2. The van der Waals surface area contributed by atoms with Crippen molar-refractivity contribution in [2.75, 3.05) is 13.7 Å². The lowest BCUT2D eigenvalue weighted by Crippen LogP contribution is -2.16. The molecule has 0 aromatic heterocycles. The van der Waals surface area contributed by atoms with Crippen molar-refractivity contribution in [2.24, 2.45) is 0 Å². The SMILES string of the molecule is COc1cc(CNCCc2ccc(Cl)cc2)ccc1OCc1ccccc1F.Cl. The summed E-state index contributed by atoms with van der Waals surface area (Å²) in [5.74, 6) is 0.951. The topological polar surface area (TPSA) is 30.5 Å². The Morgan fingerprint density at radius 1 is 0.931 bits per heavy atom. The largest absolute Gasteiger partial charge is 0.493 e. The van der Waals surface area contributed by atoms with E-state index in [0.29, 0.717) is 17.1 Å². The van der Waals surface area contributed by atoms with E-state index in [-0.39, 0.29) is 24.8 Å². The number of methoxy groups -OCH3 is 1. The van der Waals surface area contributed by atoms with E-state index < -0.39 is 0 Å². The normalized spacial score (nSPS) is 10.3. The highest BCUT2D eigenvalue weighted by Crippen LogP contribution is 2.29. The highest BCUT2D eigenvalue weighted by Gasteiger charge is 2.08. The number of ether oxygens (including phenoxy) is 2. The first-order chi connectivity index (χ1) is 13.7. The predicted molar refractivity (Wildman–Crippen MR) is 118 cm³/mol. The Morgan fingerprint density at radius 2 is 1.66 bits per heavy atom. The van der Waals surface area contributed by atoms with E-state index in [2.05, 4.69) is 5.32 Å². The first-order valence-electron chi connectivity index (χ1n) is 9.14. The van der Waals surface area contributed by atoms with Gasteiger partial charge < -0.3 is 14.8 Å². The number of rotatable bonds is 9. The van der Waals surface area contributed by atoms with Crippen molar-refractivity contribution in [3.05, 3.63) is 94.3 Å². The van der Waals surface area contributed by atoms with E-state index in [1.54, 1.807) is 25.3 Å². The minimum atomic E-state index is -0.275. The lowest BCUT2D eigenvalue weighted by atomic mass is 10.1. The molecule has 0 bridgehead atoms. The Bertz CT molecular complexity index is 904. The molecule has 0 unspecified atom stereocenters. The van der Waals surface area contributed by atoms with Crippen LogP contribution in [0.3, 0.4) is 0 Å². The Labute approximate surface area is 182 Å². The van der Waals surface area contributed by atoms with E-state index in [4.69, 9.17) is 21.1 Å². The fourth-order valence-electron chi connectivity index (χ4n) is 2.83. The van der Waals surface area contributed by atoms with E-state index in [0.717, 1.165) is 30.1 Å². The maximum absolute atomic E-state index is 13.7. The molecule has 6 heteroatoms. The second-order valence-electron chi connectivity index (χ2n) is 6.42. The lowest BCUT2D eigenvalue weighted by molar-refractivity contribution is 0.279. The van der Waals surface area contributed by atoms with Crippen molar-refractivity contribution in [3.63, 3.8) is 0 Å². The molecule has 3 aromatic rings. The molecule has 29 heavy (non-hydrogen) atoms. The van der Waals surface area contributed by atoms with Crippen LogP contribution < -0.4 is 14.8 Å². The van der Waals surface area contributed by atoms with E-state index in [9.17, 15) is 4.39 Å². The van der Waals surface area contributed by atoms with Gasteiger partial charge in [0.1, 0.15) is 12.4 Å². The Hall–Kier alpha value is -2.27. The van der Waals surface area contributed by atoms with Gasteiger partial charge in [0, 0.05) is 17.1 Å². The molecule has 0 amide bonds. The maximum Gasteiger partial charge on any atom is 0.161 e. The molecule has 3 aromatic carbocycles. The van der Waals surface area contributed by atoms with Gasteiger partial charge >= 0.3 is 0 Å². The van der Waals surface area contributed by atoms with Crippen LogP contribution in [0.5, 0.6) is 11.5 Å². The Kier molecular flexibility index (Phi) is 9.26. The lowest BCUT2D eigenvalue weighted by Gasteiger charge is -2.13. The van der Waals surface area contributed by atoms with Gasteiger partial charge in [0.05, 0.1) is 7.11 Å². The van der Waals surface area contributed by atoms with E-state index in [1.807, 2.05) is 42.5 Å². The summed E-state index contributed by atoms with van der Waals surface area (Å²) in [5.41, 5.74) is 2.84. The molecule has 0 heterocycles. The third-order valence-electron chi connectivity index (χ3n) is 4.40. The molecule has 0 atom stereocenters. The fraction of sp³-hybridized carbons (Fsp3) is 0.217. The molecule has 154 valence electrons. The van der Waals surface area contributed by atoms with Crippen LogP contribution >= 0.6 is 24.0 Å². The van der Waals surface area contributed by atoms with Gasteiger partial charge in [-0.25, -0.2) is 4.39 Å². The zero-order chi connectivity index (χ0) is 19.8. The van der Waals surface area contributed by atoms with Crippen molar-refractivity contribution in [1.29, 1.82) is 0 Å². The summed E-state index contributed by atoms with van der Waals surface area (Å²) in [6.45, 7) is 1.73. The molecule has 1 N–H and O–H groups in total. The van der Waals surface area contributed by atoms with Crippen LogP contribution in [-0.2, 0) is 19.6 Å². The molecule has 0 fully saturated rings. The minimum absolute atomic E-state index is 0. The number of benzene rings is 3. The molecule has 0 saturated heterocycles. The van der Waals surface area contributed by atoms with Crippen LogP contribution in [-0.4, -0.2) is 13.7 Å². The molecule has 0 radical (unpaired) electrons. The van der Waals surface area contributed by atoms with Crippen molar-refractivity contribution < 1.29 is 13.9 Å². The fourth-order valence-corrected chi connectivity index (χ4v) is 2.95. The van der Waals surface area contributed by atoms with Gasteiger partial charge in [-0.1, -0.05) is 48.0 Å². The van der Waals surface area contributed by atoms with Crippen LogP contribution in [0, 0.1) is 5.82 Å². The van der Waals surface area contributed by atoms with Gasteiger partial charge in [-0.3, -0.25) is 0 Å². The third-order valence-corrected chi connectivity index (χ3v) is 4.65. The maximum atomic E-state index is 13.7. The molecule has 3 rings (SSSR count). The molecule has 3 nitrogen and oxygen atoms in total. The molecule has 0 saturated carbocycles. The average Bonchev–Trinajstić information content (AvgIpc) is 2.72. The van der Waals surface area contributed by atoms with E-state index in [1.165, 1.54) is 11.6 Å². The van der Waals surface area contributed by atoms with Gasteiger partial charge in [-0.05, 0) is 54.4 Å². The van der Waals surface area contributed by atoms with Gasteiger partial charge in [0.25, 0.3) is 0 Å². The summed E-state index contributed by atoms with van der Waals surface area (Å²) in [5, 5.41) is 4.17. The second-order valence-corrected chi connectivity index (χ2v) is 6.85. The zero-order valence-corrected chi connectivity index (χ0v) is 17.7. The van der Waals surface area contributed by atoms with Crippen molar-refractivity contribution in [3.8, 4) is 11.5 Å². The number of hydrogen-bond acceptors (Lipinski definition) is 3. The summed E-state index contributed by atoms with van der Waals surface area (Å²) < 4.78 is 24.9. The molecule has 0 aliphatic heterocycles. The third kappa shape index (κ3) is 6.93. The summed E-state index contributed by atoms with van der Waals surface area (Å²) >= 11 is 5.90. The Morgan fingerprint density at radius 3 is 2.38 bits per heavy atom. The van der Waals surface area contributed by atoms with Crippen LogP contribution in [0.25, 0.3) is 0 Å². The number of nitrogens with one attached hydrogen (secondary N) is 1. The number of hydrogen-bond donors (Lipinski definition) is 1. The van der Waals surface area contributed by atoms with Gasteiger partial charge in [-0.15, -0.1) is 12.4 Å². The summed E-state index contributed by atoms with van der Waals surface area (Å²) in [6.07, 6.45) is 0.929. The zero-order valence-electron chi connectivity index (χ0n) is 16.2. The summed E-state index contributed by atoms with van der Waals surface area (Å²) in [4.78, 5) is 0. The highest BCUT2D eigenvalue weighted by molar-refractivity contribution is 6.30. The van der Waals surface area contributed by atoms with Crippen LogP contribution in [0.15, 0.2) is 66.7 Å². The van der Waals surface area contributed by atoms with Crippen LogP contribution in [0.4, 0.5) is 4.39 Å². The second kappa shape index (κ2) is 11.7. The van der Waals surface area contributed by atoms with Crippen molar-refractivity contribution in [1.82, 2.24) is 5.32 Å². The molecule has 0 aliphatic carbocycles. The van der Waals surface area contributed by atoms with Crippen molar-refractivity contribution >= 4 is 24.0 Å². The molecule has 0 aliphatic rings. The van der Waals surface area contributed by atoms with Gasteiger partial charge in [-0.2, -0.15) is 0 Å².